The monoisotopic (exact) mass is 371 g/mol. The molecule has 1 N–H and O–H groups in total. The van der Waals surface area contributed by atoms with E-state index in [1.165, 1.54) is 5.69 Å². The van der Waals surface area contributed by atoms with Crippen LogP contribution < -0.4 is 14.5 Å². The minimum atomic E-state index is 0. The molecule has 0 amide bonds. The fourth-order valence-corrected chi connectivity index (χ4v) is 3.73. The van der Waals surface area contributed by atoms with Crippen molar-refractivity contribution in [3.8, 4) is 5.75 Å². The number of benzene rings is 2. The van der Waals surface area contributed by atoms with Crippen LogP contribution >= 0.6 is 12.4 Å². The maximum Gasteiger partial charge on any atom is 0.216 e. The molecule has 0 aromatic heterocycles. The van der Waals surface area contributed by atoms with Crippen LogP contribution in [-0.4, -0.2) is 45.1 Å². The van der Waals surface area contributed by atoms with Gasteiger partial charge in [-0.3, -0.25) is 9.28 Å². The maximum atomic E-state index is 13.1. The van der Waals surface area contributed by atoms with Gasteiger partial charge in [0.2, 0.25) is 5.78 Å². The highest BCUT2D eigenvalue weighted by Gasteiger charge is 2.36. The number of nitrogens with one attached hydrogen (secondary N) is 1. The van der Waals surface area contributed by atoms with E-state index in [0.717, 1.165) is 43.1 Å². The molecule has 0 radical (unpaired) electrons. The lowest BCUT2D eigenvalue weighted by molar-refractivity contribution is -0.116. The van der Waals surface area contributed by atoms with Crippen molar-refractivity contribution in [2.75, 3.05) is 39.3 Å². The number of ether oxygens (including phenoxy) is 1. The summed E-state index contributed by atoms with van der Waals surface area (Å²) in [6.45, 7) is 4.58. The molecule has 0 unspecified atom stereocenters. The Morgan fingerprint density at radius 3 is 2.46 bits per heavy atom. The first-order valence-electron chi connectivity index (χ1n) is 8.85. The molecule has 4 nitrogen and oxygen atoms in total. The second-order valence-electron chi connectivity index (χ2n) is 6.76. The van der Waals surface area contributed by atoms with Crippen LogP contribution in [-0.2, 0) is 4.79 Å². The summed E-state index contributed by atoms with van der Waals surface area (Å²) in [6, 6.07) is 18.3. The predicted molar refractivity (Wildman–Crippen MR) is 108 cm³/mol. The summed E-state index contributed by atoms with van der Waals surface area (Å²) in [6.07, 6.45) is 1.99. The molecule has 2 aliphatic rings. The second kappa shape index (κ2) is 8.04. The number of quaternary nitrogens is 1. The van der Waals surface area contributed by atoms with E-state index in [-0.39, 0.29) is 18.2 Å². The Kier molecular flexibility index (Phi) is 5.77. The minimum absolute atomic E-state index is 0. The van der Waals surface area contributed by atoms with Gasteiger partial charge in [-0.25, -0.2) is 0 Å². The van der Waals surface area contributed by atoms with Crippen LogP contribution in [0.25, 0.3) is 6.08 Å². The van der Waals surface area contributed by atoms with Crippen molar-refractivity contribution in [1.29, 1.82) is 0 Å². The molecule has 136 valence electrons. The molecule has 2 aliphatic heterocycles. The van der Waals surface area contributed by atoms with Crippen molar-refractivity contribution in [2.45, 2.75) is 0 Å². The summed E-state index contributed by atoms with van der Waals surface area (Å²) in [5.74, 6) is 1.04. The van der Waals surface area contributed by atoms with Crippen molar-refractivity contribution in [3.63, 3.8) is 0 Å². The van der Waals surface area contributed by atoms with Crippen LogP contribution in [0.4, 0.5) is 5.69 Å². The molecule has 0 atom stereocenters. The number of nitrogens with zero attached hydrogens (tertiary/aromatic N) is 1. The number of carbonyl (C=O) groups is 1. The number of piperazine rings is 1. The van der Waals surface area contributed by atoms with Crippen molar-refractivity contribution in [3.05, 3.63) is 65.7 Å². The quantitative estimate of drug-likeness (QED) is 0.839. The van der Waals surface area contributed by atoms with Crippen LogP contribution in [0.2, 0.25) is 0 Å². The van der Waals surface area contributed by atoms with E-state index >= 15 is 0 Å². The Hall–Kier alpha value is -2.14. The van der Waals surface area contributed by atoms with Crippen LogP contribution in [0.1, 0.15) is 5.56 Å². The Morgan fingerprint density at radius 1 is 1.00 bits per heavy atom. The third-order valence-electron chi connectivity index (χ3n) is 5.17. The topological polar surface area (TPSA) is 38.3 Å². The number of rotatable bonds is 4. The summed E-state index contributed by atoms with van der Waals surface area (Å²) >= 11 is 0. The molecular formula is C21H24ClN2O2+. The average molecular weight is 372 g/mol. The fraction of sp³-hybridized carbons (Fsp3) is 0.286. The van der Waals surface area contributed by atoms with Gasteiger partial charge in [-0.05, 0) is 24.3 Å². The first-order chi connectivity index (χ1) is 12.3. The number of hydrogen-bond donors (Lipinski definition) is 1. The Morgan fingerprint density at radius 2 is 1.69 bits per heavy atom. The van der Waals surface area contributed by atoms with Gasteiger partial charge >= 0.3 is 0 Å². The highest BCUT2D eigenvalue weighted by Crippen LogP contribution is 2.28. The van der Waals surface area contributed by atoms with Gasteiger partial charge in [-0.1, -0.05) is 36.4 Å². The molecule has 0 aliphatic carbocycles. The van der Waals surface area contributed by atoms with Gasteiger partial charge in [0.1, 0.15) is 24.6 Å². The molecule has 1 fully saturated rings. The standard InChI is InChI=1S/C21H23N2O2.ClH/c24-20(18-14-17-6-4-5-9-21(17)25-16-18)15-23(12-10-22-11-13-23)19-7-2-1-3-8-19;/h1-9,14,22H,10-13,15-16H2;1H/q+1;. The molecule has 0 bridgehead atoms. The molecule has 0 saturated carbocycles. The van der Waals surface area contributed by atoms with Crippen LogP contribution in [0, 0.1) is 0 Å². The number of ketones is 1. The van der Waals surface area contributed by atoms with Crippen molar-refractivity contribution in [1.82, 2.24) is 9.80 Å². The van der Waals surface area contributed by atoms with Gasteiger partial charge in [0.05, 0.1) is 13.1 Å². The van der Waals surface area contributed by atoms with Crippen LogP contribution in [0.15, 0.2) is 60.2 Å². The van der Waals surface area contributed by atoms with Gasteiger partial charge in [0.15, 0.2) is 0 Å². The molecule has 2 aromatic carbocycles. The molecule has 2 heterocycles. The Balaban J connectivity index is 0.00000196. The van der Waals surface area contributed by atoms with Gasteiger partial charge in [0.25, 0.3) is 0 Å². The Bertz CT molecular complexity index is 799. The van der Waals surface area contributed by atoms with Gasteiger partial charge in [-0.15, -0.1) is 12.4 Å². The smallest absolute Gasteiger partial charge is 0.216 e. The SMILES string of the molecule is Cl.O=C(C[N+]1(c2ccccc2)CCNCC1)C1=Cc2ccccc2OC1. The molecular weight excluding hydrogens is 348 g/mol. The first kappa shape index (κ1) is 18.6. The Labute approximate surface area is 160 Å². The number of Topliss-reactive ketones (excluding diaryl/α,β-unsaturated/α-hetero) is 1. The molecule has 2 aromatic rings. The largest absolute Gasteiger partial charge is 0.488 e. The zero-order chi connectivity index (χ0) is 17.1. The zero-order valence-electron chi connectivity index (χ0n) is 14.7. The number of fused-ring (bicyclic) bond motifs is 1. The normalized spacial score (nSPS) is 17.9. The zero-order valence-corrected chi connectivity index (χ0v) is 15.5. The van der Waals surface area contributed by atoms with E-state index in [2.05, 4.69) is 29.6 Å². The lowest BCUT2D eigenvalue weighted by atomic mass is 10.0. The molecule has 1 saturated heterocycles. The highest BCUT2D eigenvalue weighted by atomic mass is 35.5. The highest BCUT2D eigenvalue weighted by molar-refractivity contribution is 6.02. The number of carbonyl (C=O) groups excluding carboxylic acids is 1. The summed E-state index contributed by atoms with van der Waals surface area (Å²) in [5, 5.41) is 3.41. The second-order valence-corrected chi connectivity index (χ2v) is 6.76. The van der Waals surface area contributed by atoms with E-state index in [4.69, 9.17) is 4.74 Å². The van der Waals surface area contributed by atoms with Gasteiger partial charge in [0, 0.05) is 24.2 Å². The summed E-state index contributed by atoms with van der Waals surface area (Å²) in [4.78, 5) is 13.1. The van der Waals surface area contributed by atoms with Gasteiger partial charge < -0.3 is 10.1 Å². The molecule has 26 heavy (non-hydrogen) atoms. The molecule has 4 rings (SSSR count). The first-order valence-corrected chi connectivity index (χ1v) is 8.85. The summed E-state index contributed by atoms with van der Waals surface area (Å²) in [7, 11) is 0. The van der Waals surface area contributed by atoms with E-state index < -0.39 is 0 Å². The van der Waals surface area contributed by atoms with Crippen molar-refractivity contribution < 1.29 is 9.53 Å². The molecule has 0 spiro atoms. The number of halogens is 1. The fourth-order valence-electron chi connectivity index (χ4n) is 3.73. The minimum Gasteiger partial charge on any atom is -0.488 e. The van der Waals surface area contributed by atoms with Crippen molar-refractivity contribution >= 4 is 30.0 Å². The summed E-state index contributed by atoms with van der Waals surface area (Å²) < 4.78 is 6.49. The lowest BCUT2D eigenvalue weighted by Crippen LogP contribution is -2.62. The van der Waals surface area contributed by atoms with Gasteiger partial charge in [-0.2, -0.15) is 0 Å². The van der Waals surface area contributed by atoms with Crippen LogP contribution in [0.3, 0.4) is 0 Å². The molecule has 5 heteroatoms. The third-order valence-corrected chi connectivity index (χ3v) is 5.17. The maximum absolute atomic E-state index is 13.1. The van der Waals surface area contributed by atoms with Crippen LogP contribution in [0.5, 0.6) is 5.75 Å². The third kappa shape index (κ3) is 3.68. The van der Waals surface area contributed by atoms with E-state index in [0.29, 0.717) is 17.6 Å². The van der Waals surface area contributed by atoms with Crippen molar-refractivity contribution in [2.24, 2.45) is 0 Å². The number of para-hydroxylation sites is 2. The number of hydrogen-bond acceptors (Lipinski definition) is 3. The predicted octanol–water partition coefficient (Wildman–Crippen LogP) is 3.06. The summed E-state index contributed by atoms with van der Waals surface area (Å²) in [5.41, 5.74) is 2.98. The lowest BCUT2D eigenvalue weighted by Gasteiger charge is -2.41. The van der Waals surface area contributed by atoms with E-state index in [9.17, 15) is 4.79 Å². The van der Waals surface area contributed by atoms with E-state index in [1.54, 1.807) is 0 Å². The van der Waals surface area contributed by atoms with E-state index in [1.807, 2.05) is 36.4 Å². The average Bonchev–Trinajstić information content (AvgIpc) is 2.69.